The van der Waals surface area contributed by atoms with E-state index in [2.05, 4.69) is 53.0 Å². The summed E-state index contributed by atoms with van der Waals surface area (Å²) in [5.41, 5.74) is 5.74. The highest BCUT2D eigenvalue weighted by Crippen LogP contribution is 2.50. The Labute approximate surface area is 295 Å². The van der Waals surface area contributed by atoms with Crippen LogP contribution in [0.5, 0.6) is 17.2 Å². The second-order valence-corrected chi connectivity index (χ2v) is 13.5. The number of fused-ring (bicyclic) bond motifs is 3. The van der Waals surface area contributed by atoms with Gasteiger partial charge in [-0.1, -0.05) is 26.3 Å². The molecule has 2 amide bonds. The SMILES string of the molecule is CC[C@@H](C)[C@H](Nc1ccc2c(cc1=O)[C@@H](NC(C)=O)CCc1cc(OC)c(OC)c(OC)c1-2)C(=O)N1CCN(CCn2c(C)ccc2C)CC1. The predicted octanol–water partition coefficient (Wildman–Crippen LogP) is 4.95. The minimum absolute atomic E-state index is 0.00328. The Hall–Kier alpha value is -4.51. The summed E-state index contributed by atoms with van der Waals surface area (Å²) in [5.74, 6) is 1.27. The van der Waals surface area contributed by atoms with E-state index in [0.29, 0.717) is 54.4 Å². The third kappa shape index (κ3) is 7.62. The number of benzene rings is 1. The lowest BCUT2D eigenvalue weighted by Gasteiger charge is -2.38. The van der Waals surface area contributed by atoms with Gasteiger partial charge in [0.2, 0.25) is 23.0 Å². The number of carbonyl (C=O) groups excluding carboxylic acids is 2. The molecule has 1 aliphatic heterocycles. The minimum atomic E-state index is -0.580. The zero-order valence-corrected chi connectivity index (χ0v) is 30.9. The summed E-state index contributed by atoms with van der Waals surface area (Å²) >= 11 is 0. The van der Waals surface area contributed by atoms with E-state index >= 15 is 0 Å². The van der Waals surface area contributed by atoms with Crippen molar-refractivity contribution in [2.45, 2.75) is 72.5 Å². The summed E-state index contributed by atoms with van der Waals surface area (Å²) < 4.78 is 19.6. The number of rotatable bonds is 12. The van der Waals surface area contributed by atoms with Gasteiger partial charge in [-0.05, 0) is 79.6 Å². The van der Waals surface area contributed by atoms with Crippen molar-refractivity contribution in [1.82, 2.24) is 19.7 Å². The molecular weight excluding hydrogens is 634 g/mol. The first kappa shape index (κ1) is 36.8. The van der Waals surface area contributed by atoms with Crippen LogP contribution in [-0.2, 0) is 22.6 Å². The molecule has 2 N–H and O–H groups in total. The standard InChI is InChI=1S/C39H53N5O6/c1-9-24(2)36(39(47)43-19-16-42(17-20-43)18-21-44-25(3)10-11-26(44)4)41-32-15-13-29-30(23-33(32)46)31(40-27(5)45)14-12-28-22-34(48-6)37(49-7)38(50-8)35(28)29/h10-11,13,15,22-24,31,36H,9,12,14,16-21H2,1-8H3,(H,40,45)(H,41,46)/t24-,31+,36+/m1/s1. The first-order valence-corrected chi connectivity index (χ1v) is 17.7. The predicted molar refractivity (Wildman–Crippen MR) is 196 cm³/mol. The van der Waals surface area contributed by atoms with E-state index in [0.717, 1.165) is 49.3 Å². The molecule has 3 atom stereocenters. The average Bonchev–Trinajstić information content (AvgIpc) is 3.25. The van der Waals surface area contributed by atoms with Crippen LogP contribution in [0.25, 0.3) is 11.1 Å². The normalized spacial score (nSPS) is 17.1. The van der Waals surface area contributed by atoms with E-state index in [1.54, 1.807) is 33.5 Å². The highest BCUT2D eigenvalue weighted by Gasteiger charge is 2.33. The van der Waals surface area contributed by atoms with Crippen molar-refractivity contribution in [2.24, 2.45) is 5.92 Å². The molecule has 2 aromatic carbocycles. The van der Waals surface area contributed by atoms with Crippen molar-refractivity contribution in [3.63, 3.8) is 0 Å². The number of ether oxygens (including phenoxy) is 3. The van der Waals surface area contributed by atoms with Gasteiger partial charge in [0.1, 0.15) is 6.04 Å². The summed E-state index contributed by atoms with van der Waals surface area (Å²) in [4.78, 5) is 44.9. The molecule has 3 aromatic rings. The van der Waals surface area contributed by atoms with E-state index in [1.165, 1.54) is 18.3 Å². The number of carbonyl (C=O) groups is 2. The summed E-state index contributed by atoms with van der Waals surface area (Å²) in [5, 5.41) is 6.44. The summed E-state index contributed by atoms with van der Waals surface area (Å²) in [6.45, 7) is 14.6. The number of amides is 2. The summed E-state index contributed by atoms with van der Waals surface area (Å²) in [6.07, 6.45) is 1.94. The van der Waals surface area contributed by atoms with Gasteiger partial charge < -0.3 is 34.3 Å². The molecule has 50 heavy (non-hydrogen) atoms. The lowest BCUT2D eigenvalue weighted by atomic mass is 9.95. The topological polar surface area (TPSA) is 114 Å². The van der Waals surface area contributed by atoms with Crippen LogP contribution in [0.15, 0.2) is 41.2 Å². The number of nitrogens with zero attached hydrogens (tertiary/aromatic N) is 3. The Morgan fingerprint density at radius 3 is 2.20 bits per heavy atom. The van der Waals surface area contributed by atoms with Crippen LogP contribution in [0.2, 0.25) is 0 Å². The third-order valence-electron chi connectivity index (χ3n) is 10.4. The van der Waals surface area contributed by atoms with Crippen LogP contribution in [0.4, 0.5) is 5.69 Å². The second-order valence-electron chi connectivity index (χ2n) is 13.5. The van der Waals surface area contributed by atoms with Crippen molar-refractivity contribution in [2.75, 3.05) is 59.4 Å². The van der Waals surface area contributed by atoms with Gasteiger partial charge in [0, 0.05) is 63.1 Å². The van der Waals surface area contributed by atoms with Crippen LogP contribution in [-0.4, -0.2) is 86.3 Å². The molecular formula is C39H53N5O6. The molecule has 11 heteroatoms. The van der Waals surface area contributed by atoms with Crippen molar-refractivity contribution in [3.05, 3.63) is 69.1 Å². The molecule has 0 unspecified atom stereocenters. The highest BCUT2D eigenvalue weighted by atomic mass is 16.5. The van der Waals surface area contributed by atoms with Crippen molar-refractivity contribution >= 4 is 17.5 Å². The molecule has 1 fully saturated rings. The molecule has 1 aromatic heterocycles. The van der Waals surface area contributed by atoms with Crippen LogP contribution in [0.1, 0.15) is 62.2 Å². The number of nitrogens with one attached hydrogen (secondary N) is 2. The number of anilines is 1. The Morgan fingerprint density at radius 2 is 1.60 bits per heavy atom. The fourth-order valence-electron chi connectivity index (χ4n) is 7.36. The number of hydrogen-bond acceptors (Lipinski definition) is 8. The lowest BCUT2D eigenvalue weighted by molar-refractivity contribution is -0.134. The Kier molecular flexibility index (Phi) is 11.8. The fourth-order valence-corrected chi connectivity index (χ4v) is 7.36. The number of hydrogen-bond donors (Lipinski definition) is 2. The molecule has 270 valence electrons. The van der Waals surface area contributed by atoms with E-state index in [-0.39, 0.29) is 23.2 Å². The third-order valence-corrected chi connectivity index (χ3v) is 10.4. The molecule has 2 aliphatic rings. The molecule has 11 nitrogen and oxygen atoms in total. The molecule has 2 heterocycles. The largest absolute Gasteiger partial charge is 0.493 e. The van der Waals surface area contributed by atoms with Gasteiger partial charge in [-0.2, -0.15) is 0 Å². The summed E-state index contributed by atoms with van der Waals surface area (Å²) in [7, 11) is 4.72. The first-order valence-electron chi connectivity index (χ1n) is 17.7. The monoisotopic (exact) mass is 687 g/mol. The Balaban J connectivity index is 1.45. The Morgan fingerprint density at radius 1 is 0.920 bits per heavy atom. The first-order chi connectivity index (χ1) is 24.0. The number of aromatic nitrogens is 1. The van der Waals surface area contributed by atoms with Crippen LogP contribution in [0.3, 0.4) is 0 Å². The maximum atomic E-state index is 14.1. The van der Waals surface area contributed by atoms with E-state index in [1.807, 2.05) is 24.0 Å². The lowest BCUT2D eigenvalue weighted by Crippen LogP contribution is -2.54. The van der Waals surface area contributed by atoms with Gasteiger partial charge in [0.05, 0.1) is 33.1 Å². The molecule has 0 radical (unpaired) electrons. The number of methoxy groups -OCH3 is 3. The zero-order valence-electron chi connectivity index (χ0n) is 30.9. The maximum Gasteiger partial charge on any atom is 0.245 e. The summed E-state index contributed by atoms with van der Waals surface area (Å²) in [6, 6.07) is 10.5. The van der Waals surface area contributed by atoms with Crippen molar-refractivity contribution < 1.29 is 23.8 Å². The molecule has 0 saturated carbocycles. The van der Waals surface area contributed by atoms with Crippen LogP contribution < -0.4 is 30.3 Å². The highest BCUT2D eigenvalue weighted by molar-refractivity contribution is 5.86. The zero-order chi connectivity index (χ0) is 36.1. The van der Waals surface area contributed by atoms with E-state index < -0.39 is 12.1 Å². The van der Waals surface area contributed by atoms with E-state index in [9.17, 15) is 14.4 Å². The minimum Gasteiger partial charge on any atom is -0.493 e. The Bertz CT molecular complexity index is 1740. The molecule has 1 saturated heterocycles. The van der Waals surface area contributed by atoms with Gasteiger partial charge >= 0.3 is 0 Å². The average molecular weight is 688 g/mol. The number of piperazine rings is 1. The smallest absolute Gasteiger partial charge is 0.245 e. The van der Waals surface area contributed by atoms with E-state index in [4.69, 9.17) is 14.2 Å². The van der Waals surface area contributed by atoms with Gasteiger partial charge in [-0.3, -0.25) is 19.3 Å². The maximum absolute atomic E-state index is 14.1. The van der Waals surface area contributed by atoms with Gasteiger partial charge in [0.25, 0.3) is 0 Å². The molecule has 0 bridgehead atoms. The molecule has 1 aliphatic carbocycles. The number of aryl methyl sites for hydroxylation is 3. The van der Waals surface area contributed by atoms with Crippen molar-refractivity contribution in [1.29, 1.82) is 0 Å². The fraction of sp³-hybridized carbons (Fsp3) is 0.513. The van der Waals surface area contributed by atoms with Gasteiger partial charge in [-0.25, -0.2) is 0 Å². The van der Waals surface area contributed by atoms with Crippen LogP contribution in [0, 0.1) is 19.8 Å². The van der Waals surface area contributed by atoms with Crippen LogP contribution >= 0.6 is 0 Å². The van der Waals surface area contributed by atoms with Gasteiger partial charge in [-0.15, -0.1) is 0 Å². The molecule has 0 spiro atoms. The second kappa shape index (κ2) is 16.0. The van der Waals surface area contributed by atoms with Gasteiger partial charge in [0.15, 0.2) is 11.5 Å². The van der Waals surface area contributed by atoms with Crippen molar-refractivity contribution in [3.8, 4) is 28.4 Å². The quantitative estimate of drug-likeness (QED) is 0.275. The molecule has 5 rings (SSSR count).